The third-order valence-corrected chi connectivity index (χ3v) is 5.52. The van der Waals surface area contributed by atoms with Gasteiger partial charge in [-0.3, -0.25) is 0 Å². The Kier molecular flexibility index (Phi) is 9.77. The van der Waals surface area contributed by atoms with Crippen LogP contribution >= 0.6 is 0 Å². The van der Waals surface area contributed by atoms with Gasteiger partial charge in [0.25, 0.3) is 0 Å². The number of hydrogen-bond acceptors (Lipinski definition) is 1. The summed E-state index contributed by atoms with van der Waals surface area (Å²) in [5.41, 5.74) is 15.0. The van der Waals surface area contributed by atoms with Crippen LogP contribution in [0.3, 0.4) is 0 Å². The van der Waals surface area contributed by atoms with Crippen molar-refractivity contribution >= 4 is 0 Å². The molecule has 0 aliphatic heterocycles. The van der Waals surface area contributed by atoms with E-state index >= 15 is 0 Å². The Bertz CT molecular complexity index is 466. The summed E-state index contributed by atoms with van der Waals surface area (Å²) in [6.07, 6.45) is 3.53. The minimum Gasteiger partial charge on any atom is -0.324 e. The average Bonchev–Trinajstić information content (AvgIpc) is 2.50. The van der Waals surface area contributed by atoms with Gasteiger partial charge in [-0.15, -0.1) is 0 Å². The second kappa shape index (κ2) is 10.1. The molecular formula is C22H41N. The van der Waals surface area contributed by atoms with E-state index in [4.69, 9.17) is 5.73 Å². The smallest absolute Gasteiger partial charge is 0.0228 e. The minimum atomic E-state index is 0.118. The molecule has 134 valence electrons. The molecule has 0 rings (SSSR count). The molecule has 0 fully saturated rings. The fourth-order valence-corrected chi connectivity index (χ4v) is 3.71. The predicted octanol–water partition coefficient (Wildman–Crippen LogP) is 6.81. The van der Waals surface area contributed by atoms with Crippen LogP contribution in [0, 0.1) is 11.8 Å². The minimum absolute atomic E-state index is 0.118. The van der Waals surface area contributed by atoms with Gasteiger partial charge < -0.3 is 5.73 Å². The van der Waals surface area contributed by atoms with Gasteiger partial charge in [0.2, 0.25) is 0 Å². The Morgan fingerprint density at radius 1 is 0.739 bits per heavy atom. The molecule has 0 aromatic heterocycles. The number of hydrogen-bond donors (Lipinski definition) is 1. The molecule has 2 atom stereocenters. The molecule has 0 aromatic carbocycles. The molecule has 0 aromatic rings. The van der Waals surface area contributed by atoms with Gasteiger partial charge >= 0.3 is 0 Å². The predicted molar refractivity (Wildman–Crippen MR) is 107 cm³/mol. The van der Waals surface area contributed by atoms with Crippen LogP contribution in [0.4, 0.5) is 0 Å². The average molecular weight is 320 g/mol. The fraction of sp³-hybridized carbons (Fsp3) is 0.727. The van der Waals surface area contributed by atoms with Crippen molar-refractivity contribution in [1.29, 1.82) is 0 Å². The molecule has 0 bridgehead atoms. The van der Waals surface area contributed by atoms with Crippen LogP contribution in [0.2, 0.25) is 0 Å². The Morgan fingerprint density at radius 2 is 1.17 bits per heavy atom. The second-order valence-electron chi connectivity index (χ2n) is 7.37. The largest absolute Gasteiger partial charge is 0.324 e. The Balaban J connectivity index is 6.38. The summed E-state index contributed by atoms with van der Waals surface area (Å²) in [6.45, 7) is 22.6. The molecule has 2 unspecified atom stereocenters. The monoisotopic (exact) mass is 319 g/mol. The zero-order valence-electron chi connectivity index (χ0n) is 17.4. The maximum atomic E-state index is 6.25. The van der Waals surface area contributed by atoms with Crippen LogP contribution in [-0.2, 0) is 0 Å². The van der Waals surface area contributed by atoms with Crippen molar-refractivity contribution in [2.24, 2.45) is 17.6 Å². The lowest BCUT2D eigenvalue weighted by molar-refractivity contribution is 0.564. The van der Waals surface area contributed by atoms with E-state index in [-0.39, 0.29) is 6.04 Å². The van der Waals surface area contributed by atoms with E-state index in [1.807, 2.05) is 0 Å². The molecule has 0 spiro atoms. The third kappa shape index (κ3) is 5.64. The van der Waals surface area contributed by atoms with Crippen LogP contribution in [0.1, 0.15) is 88.5 Å². The van der Waals surface area contributed by atoms with E-state index in [1.165, 1.54) is 52.7 Å². The lowest BCUT2D eigenvalue weighted by Gasteiger charge is -2.27. The number of allylic oxidation sites excluding steroid dienone is 5. The summed E-state index contributed by atoms with van der Waals surface area (Å²) in [5.74, 6) is 1.21. The van der Waals surface area contributed by atoms with Crippen molar-refractivity contribution < 1.29 is 0 Å². The molecule has 0 amide bonds. The zero-order chi connectivity index (χ0) is 18.3. The number of rotatable bonds is 8. The first-order chi connectivity index (χ1) is 10.6. The summed E-state index contributed by atoms with van der Waals surface area (Å²) < 4.78 is 0. The fourth-order valence-electron chi connectivity index (χ4n) is 3.71. The zero-order valence-corrected chi connectivity index (χ0v) is 17.4. The lowest BCUT2D eigenvalue weighted by atomic mass is 9.79. The highest BCUT2D eigenvalue weighted by Gasteiger charge is 2.21. The first-order valence-electron chi connectivity index (χ1n) is 9.45. The molecule has 1 heteroatoms. The van der Waals surface area contributed by atoms with E-state index < -0.39 is 0 Å². The molecule has 0 radical (unpaired) electrons. The Hall–Kier alpha value is -0.820. The van der Waals surface area contributed by atoms with E-state index in [0.717, 1.165) is 0 Å². The third-order valence-electron chi connectivity index (χ3n) is 5.52. The van der Waals surface area contributed by atoms with Crippen molar-refractivity contribution in [2.75, 3.05) is 0 Å². The van der Waals surface area contributed by atoms with Crippen molar-refractivity contribution in [1.82, 2.24) is 0 Å². The highest BCUT2D eigenvalue weighted by molar-refractivity contribution is 5.48. The van der Waals surface area contributed by atoms with Crippen LogP contribution < -0.4 is 5.73 Å². The molecule has 0 aliphatic rings. The summed E-state index contributed by atoms with van der Waals surface area (Å²) >= 11 is 0. The van der Waals surface area contributed by atoms with Gasteiger partial charge in [0.1, 0.15) is 0 Å². The van der Waals surface area contributed by atoms with E-state index in [0.29, 0.717) is 11.8 Å². The summed E-state index contributed by atoms with van der Waals surface area (Å²) in [4.78, 5) is 0. The molecular weight excluding hydrogens is 278 g/mol. The molecule has 1 nitrogen and oxygen atoms in total. The summed E-state index contributed by atoms with van der Waals surface area (Å²) in [7, 11) is 0. The van der Waals surface area contributed by atoms with E-state index in [2.05, 4.69) is 69.2 Å². The van der Waals surface area contributed by atoms with Gasteiger partial charge in [-0.25, -0.2) is 0 Å². The van der Waals surface area contributed by atoms with Gasteiger partial charge in [-0.2, -0.15) is 0 Å². The van der Waals surface area contributed by atoms with Gasteiger partial charge in [0, 0.05) is 6.04 Å². The maximum Gasteiger partial charge on any atom is 0.0228 e. The molecule has 0 saturated heterocycles. The van der Waals surface area contributed by atoms with Gasteiger partial charge in [0.15, 0.2) is 0 Å². The lowest BCUT2D eigenvalue weighted by Crippen LogP contribution is -2.21. The van der Waals surface area contributed by atoms with Gasteiger partial charge in [0.05, 0.1) is 0 Å². The molecule has 0 heterocycles. The van der Waals surface area contributed by atoms with Crippen LogP contribution in [0.5, 0.6) is 0 Å². The first-order valence-corrected chi connectivity index (χ1v) is 9.45. The first kappa shape index (κ1) is 22.2. The molecule has 0 saturated carbocycles. The van der Waals surface area contributed by atoms with E-state index in [9.17, 15) is 0 Å². The molecule has 0 aliphatic carbocycles. The van der Waals surface area contributed by atoms with Crippen molar-refractivity contribution in [3.8, 4) is 0 Å². The van der Waals surface area contributed by atoms with Crippen LogP contribution in [0.15, 0.2) is 33.4 Å². The van der Waals surface area contributed by atoms with Crippen molar-refractivity contribution in [3.63, 3.8) is 0 Å². The van der Waals surface area contributed by atoms with Gasteiger partial charge in [-0.1, -0.05) is 38.8 Å². The topological polar surface area (TPSA) is 26.0 Å². The maximum absolute atomic E-state index is 6.25. The molecule has 2 N–H and O–H groups in total. The van der Waals surface area contributed by atoms with Crippen LogP contribution in [-0.4, -0.2) is 6.04 Å². The van der Waals surface area contributed by atoms with Crippen LogP contribution in [0.25, 0.3) is 0 Å². The normalized spacial score (nSPS) is 16.7. The SMILES string of the molecule is CCC(C)C(=C(C)C)C(C)=C(C)C(=C(C)C(C)N)C(CC)CC. The van der Waals surface area contributed by atoms with Crippen molar-refractivity contribution in [3.05, 3.63) is 33.4 Å². The van der Waals surface area contributed by atoms with E-state index in [1.54, 1.807) is 0 Å². The quantitative estimate of drug-likeness (QED) is 0.489. The Morgan fingerprint density at radius 3 is 1.48 bits per heavy atom. The Labute approximate surface area is 146 Å². The standard InChI is InChI=1S/C22H41N/c1-11-15(6)21(14(4)5)16(7)17(8)22(18(9)19(10)23)20(12-2)13-3/h15,19-20H,11-13,23H2,1-10H3. The highest BCUT2D eigenvalue weighted by atomic mass is 14.6. The number of nitrogens with two attached hydrogens (primary N) is 1. The highest BCUT2D eigenvalue weighted by Crippen LogP contribution is 2.36. The summed E-state index contributed by atoms with van der Waals surface area (Å²) in [5, 5.41) is 0. The summed E-state index contributed by atoms with van der Waals surface area (Å²) in [6, 6.07) is 0.118. The molecule has 23 heavy (non-hydrogen) atoms. The van der Waals surface area contributed by atoms with Gasteiger partial charge in [-0.05, 0) is 94.9 Å². The van der Waals surface area contributed by atoms with Crippen molar-refractivity contribution in [2.45, 2.75) is 94.5 Å². The second-order valence-corrected chi connectivity index (χ2v) is 7.37.